The molecule has 1 aromatic carbocycles. The van der Waals surface area contributed by atoms with Gasteiger partial charge in [-0.05, 0) is 40.3 Å². The summed E-state index contributed by atoms with van der Waals surface area (Å²) in [6.07, 6.45) is 0.376. The molecule has 0 radical (unpaired) electrons. The van der Waals surface area contributed by atoms with Gasteiger partial charge in [0.25, 0.3) is 0 Å². The molecule has 0 unspecified atom stereocenters. The molecule has 0 aromatic heterocycles. The molecule has 13 heavy (non-hydrogen) atoms. The normalized spacial score (nSPS) is 11.2. The highest BCUT2D eigenvalue weighted by Gasteiger charge is 2.03. The minimum Gasteiger partial charge on any atom is -0.323 e. The average Bonchev–Trinajstić information content (AvgIpc) is 2.06. The summed E-state index contributed by atoms with van der Waals surface area (Å²) in [7, 11) is 0. The van der Waals surface area contributed by atoms with Crippen LogP contribution in [0.15, 0.2) is 24.3 Å². The van der Waals surface area contributed by atoms with Gasteiger partial charge in [0.15, 0.2) is 0 Å². The molecule has 1 aromatic rings. The summed E-state index contributed by atoms with van der Waals surface area (Å²) in [5.74, 6) is 0. The standard InChI is InChI=1S/C9H9IN2.ClH/c10-8-3-1-7(2-4-8)9(12)5-6-11;/h1-4,9H,5,12H2;1H/t9-;/m1./s1. The number of rotatable bonds is 2. The highest BCUT2D eigenvalue weighted by Crippen LogP contribution is 2.14. The van der Waals surface area contributed by atoms with E-state index in [-0.39, 0.29) is 18.4 Å². The lowest BCUT2D eigenvalue weighted by Gasteiger charge is -2.06. The number of nitrogens with two attached hydrogens (primary N) is 1. The van der Waals surface area contributed by atoms with Gasteiger partial charge in [0, 0.05) is 9.61 Å². The molecule has 0 heterocycles. The van der Waals surface area contributed by atoms with Gasteiger partial charge in [-0.15, -0.1) is 12.4 Å². The molecule has 0 aliphatic carbocycles. The first-order valence-corrected chi connectivity index (χ1v) is 4.70. The fourth-order valence-electron chi connectivity index (χ4n) is 0.926. The van der Waals surface area contributed by atoms with Gasteiger partial charge in [-0.3, -0.25) is 0 Å². The Bertz CT molecular complexity index is 291. The third kappa shape index (κ3) is 3.94. The summed E-state index contributed by atoms with van der Waals surface area (Å²) in [6.45, 7) is 0. The molecule has 0 aliphatic rings. The predicted octanol–water partition coefficient (Wildman–Crippen LogP) is 2.63. The number of hydrogen-bond donors (Lipinski definition) is 1. The zero-order chi connectivity index (χ0) is 8.97. The minimum absolute atomic E-state index is 0. The van der Waals surface area contributed by atoms with Gasteiger partial charge in [-0.1, -0.05) is 12.1 Å². The van der Waals surface area contributed by atoms with Crippen molar-refractivity contribution >= 4 is 35.0 Å². The maximum Gasteiger partial charge on any atom is 0.0641 e. The molecule has 4 heteroatoms. The SMILES string of the molecule is Cl.N#CC[C@@H](N)c1ccc(I)cc1. The van der Waals surface area contributed by atoms with Crippen molar-refractivity contribution in [1.82, 2.24) is 0 Å². The van der Waals surface area contributed by atoms with Crippen LogP contribution in [0.2, 0.25) is 0 Å². The van der Waals surface area contributed by atoms with Gasteiger partial charge >= 0.3 is 0 Å². The summed E-state index contributed by atoms with van der Waals surface area (Å²) in [5.41, 5.74) is 6.76. The molecule has 1 rings (SSSR count). The topological polar surface area (TPSA) is 49.8 Å². The van der Waals surface area contributed by atoms with E-state index in [1.807, 2.05) is 24.3 Å². The zero-order valence-electron chi connectivity index (χ0n) is 6.90. The first-order chi connectivity index (χ1) is 5.74. The quantitative estimate of drug-likeness (QED) is 0.854. The Labute approximate surface area is 97.7 Å². The minimum atomic E-state index is -0.146. The molecule has 70 valence electrons. The zero-order valence-corrected chi connectivity index (χ0v) is 9.88. The summed E-state index contributed by atoms with van der Waals surface area (Å²) >= 11 is 2.24. The number of benzene rings is 1. The number of halogens is 2. The molecule has 0 aliphatic heterocycles. The monoisotopic (exact) mass is 308 g/mol. The van der Waals surface area contributed by atoms with Crippen LogP contribution in [-0.4, -0.2) is 0 Å². The van der Waals surface area contributed by atoms with Crippen molar-refractivity contribution in [3.05, 3.63) is 33.4 Å². The van der Waals surface area contributed by atoms with E-state index >= 15 is 0 Å². The first kappa shape index (κ1) is 12.7. The lowest BCUT2D eigenvalue weighted by atomic mass is 10.1. The van der Waals surface area contributed by atoms with Crippen LogP contribution in [0.5, 0.6) is 0 Å². The van der Waals surface area contributed by atoms with Crippen LogP contribution in [0.25, 0.3) is 0 Å². The van der Waals surface area contributed by atoms with Gasteiger partial charge < -0.3 is 5.73 Å². The molecule has 1 atom stereocenters. The second-order valence-corrected chi connectivity index (χ2v) is 3.77. The second-order valence-electron chi connectivity index (χ2n) is 2.52. The summed E-state index contributed by atoms with van der Waals surface area (Å²) in [6, 6.07) is 9.82. The van der Waals surface area contributed by atoms with Crippen molar-refractivity contribution < 1.29 is 0 Å². The van der Waals surface area contributed by atoms with E-state index in [1.165, 1.54) is 3.57 Å². The van der Waals surface area contributed by atoms with Crippen molar-refractivity contribution in [1.29, 1.82) is 5.26 Å². The fourth-order valence-corrected chi connectivity index (χ4v) is 1.29. The van der Waals surface area contributed by atoms with Crippen LogP contribution in [-0.2, 0) is 0 Å². The fraction of sp³-hybridized carbons (Fsp3) is 0.222. The lowest BCUT2D eigenvalue weighted by Crippen LogP contribution is -2.08. The van der Waals surface area contributed by atoms with Crippen molar-refractivity contribution in [2.45, 2.75) is 12.5 Å². The van der Waals surface area contributed by atoms with Crippen molar-refractivity contribution in [2.75, 3.05) is 0 Å². The van der Waals surface area contributed by atoms with E-state index < -0.39 is 0 Å². The molecule has 0 saturated heterocycles. The van der Waals surface area contributed by atoms with Crippen LogP contribution in [0.4, 0.5) is 0 Å². The van der Waals surface area contributed by atoms with Gasteiger partial charge in [-0.2, -0.15) is 5.26 Å². The molecule has 0 fully saturated rings. The average molecular weight is 309 g/mol. The second kappa shape index (κ2) is 6.19. The highest BCUT2D eigenvalue weighted by atomic mass is 127. The van der Waals surface area contributed by atoms with E-state index in [4.69, 9.17) is 11.0 Å². The Hall–Kier alpha value is -0.310. The van der Waals surface area contributed by atoms with E-state index in [0.717, 1.165) is 5.56 Å². The molecule has 0 bridgehead atoms. The summed E-state index contributed by atoms with van der Waals surface area (Å²) < 4.78 is 1.18. The van der Waals surface area contributed by atoms with Gasteiger partial charge in [0.1, 0.15) is 0 Å². The molecular formula is C9H10ClIN2. The number of nitriles is 1. The van der Waals surface area contributed by atoms with Gasteiger partial charge in [0.2, 0.25) is 0 Å². The van der Waals surface area contributed by atoms with Crippen LogP contribution in [0, 0.1) is 14.9 Å². The Balaban J connectivity index is 0.00000144. The maximum atomic E-state index is 8.42. The molecular weight excluding hydrogens is 298 g/mol. The van der Waals surface area contributed by atoms with Crippen molar-refractivity contribution in [3.63, 3.8) is 0 Å². The van der Waals surface area contributed by atoms with Gasteiger partial charge in [-0.25, -0.2) is 0 Å². The van der Waals surface area contributed by atoms with Crippen molar-refractivity contribution in [3.8, 4) is 6.07 Å². The summed E-state index contributed by atoms with van der Waals surface area (Å²) in [4.78, 5) is 0. The van der Waals surface area contributed by atoms with Crippen molar-refractivity contribution in [2.24, 2.45) is 5.73 Å². The highest BCUT2D eigenvalue weighted by molar-refractivity contribution is 14.1. The number of nitrogens with zero attached hydrogens (tertiary/aromatic N) is 1. The van der Waals surface area contributed by atoms with E-state index in [1.54, 1.807) is 0 Å². The largest absolute Gasteiger partial charge is 0.323 e. The number of hydrogen-bond acceptors (Lipinski definition) is 2. The Morgan fingerprint density at radius 3 is 2.38 bits per heavy atom. The smallest absolute Gasteiger partial charge is 0.0641 e. The lowest BCUT2D eigenvalue weighted by molar-refractivity contribution is 0.748. The van der Waals surface area contributed by atoms with E-state index in [9.17, 15) is 0 Å². The first-order valence-electron chi connectivity index (χ1n) is 3.62. The van der Waals surface area contributed by atoms with Crippen LogP contribution in [0.3, 0.4) is 0 Å². The van der Waals surface area contributed by atoms with Crippen LogP contribution >= 0.6 is 35.0 Å². The van der Waals surface area contributed by atoms with E-state index in [0.29, 0.717) is 6.42 Å². The van der Waals surface area contributed by atoms with Gasteiger partial charge in [0.05, 0.1) is 12.5 Å². The molecule has 0 spiro atoms. The predicted molar refractivity (Wildman–Crippen MR) is 63.6 cm³/mol. The third-order valence-electron chi connectivity index (χ3n) is 1.61. The Morgan fingerprint density at radius 2 is 1.92 bits per heavy atom. The van der Waals surface area contributed by atoms with Crippen LogP contribution in [0.1, 0.15) is 18.0 Å². The van der Waals surface area contributed by atoms with E-state index in [2.05, 4.69) is 28.7 Å². The third-order valence-corrected chi connectivity index (χ3v) is 2.33. The summed E-state index contributed by atoms with van der Waals surface area (Å²) in [5, 5.41) is 8.42. The molecule has 2 nitrogen and oxygen atoms in total. The maximum absolute atomic E-state index is 8.42. The Kier molecular flexibility index (Phi) is 6.04. The Morgan fingerprint density at radius 1 is 1.38 bits per heavy atom. The van der Waals surface area contributed by atoms with Crippen LogP contribution < -0.4 is 5.73 Å². The molecule has 0 amide bonds. The molecule has 2 N–H and O–H groups in total. The molecule has 0 saturated carbocycles.